The number of aryl methyl sites for hydroxylation is 3. The predicted octanol–water partition coefficient (Wildman–Crippen LogP) is 3.24. The third-order valence-corrected chi connectivity index (χ3v) is 5.64. The van der Waals surface area contributed by atoms with E-state index in [0.717, 1.165) is 42.5 Å². The number of aromatic nitrogens is 4. The van der Waals surface area contributed by atoms with E-state index >= 15 is 0 Å². The number of hydrogen-bond donors (Lipinski definition) is 3. The first-order chi connectivity index (χ1) is 14.9. The van der Waals surface area contributed by atoms with Crippen LogP contribution >= 0.6 is 0 Å². The van der Waals surface area contributed by atoms with Gasteiger partial charge in [0.05, 0.1) is 5.69 Å². The average Bonchev–Trinajstić information content (AvgIpc) is 3.11. The summed E-state index contributed by atoms with van der Waals surface area (Å²) in [5.41, 5.74) is 11.2. The molecule has 0 saturated heterocycles. The number of carbonyl (C=O) groups excluding carboxylic acids is 1. The first-order valence-corrected chi connectivity index (χ1v) is 10.7. The van der Waals surface area contributed by atoms with Crippen molar-refractivity contribution in [1.29, 1.82) is 0 Å². The topological polar surface area (TPSA) is 111 Å². The van der Waals surface area contributed by atoms with E-state index in [2.05, 4.69) is 45.6 Å². The summed E-state index contributed by atoms with van der Waals surface area (Å²) in [6, 6.07) is 9.76. The normalized spacial score (nSPS) is 18.6. The highest BCUT2D eigenvalue weighted by molar-refractivity contribution is 5.93. The lowest BCUT2D eigenvalue weighted by molar-refractivity contribution is 0.0911. The van der Waals surface area contributed by atoms with E-state index < -0.39 is 0 Å². The number of rotatable bonds is 5. The number of nitrogens with two attached hydrogens (primary N) is 1. The minimum absolute atomic E-state index is 0.00570. The van der Waals surface area contributed by atoms with Gasteiger partial charge in [0.1, 0.15) is 11.4 Å². The zero-order valence-corrected chi connectivity index (χ0v) is 18.2. The second kappa shape index (κ2) is 8.85. The zero-order valence-electron chi connectivity index (χ0n) is 18.2. The smallest absolute Gasteiger partial charge is 0.269 e. The Morgan fingerprint density at radius 1 is 1.10 bits per heavy atom. The van der Waals surface area contributed by atoms with Crippen molar-refractivity contribution in [1.82, 2.24) is 25.1 Å². The van der Waals surface area contributed by atoms with Crippen molar-refractivity contribution >= 4 is 17.5 Å². The minimum atomic E-state index is -0.161. The van der Waals surface area contributed by atoms with Crippen molar-refractivity contribution in [3.8, 4) is 11.4 Å². The molecule has 0 unspecified atom stereocenters. The first-order valence-electron chi connectivity index (χ1n) is 10.7. The lowest BCUT2D eigenvalue weighted by Crippen LogP contribution is -2.49. The summed E-state index contributed by atoms with van der Waals surface area (Å²) in [5, 5.41) is 10.8. The van der Waals surface area contributed by atoms with Gasteiger partial charge in [-0.25, -0.2) is 9.97 Å². The van der Waals surface area contributed by atoms with Crippen LogP contribution in [0.5, 0.6) is 0 Å². The maximum absolute atomic E-state index is 12.8. The SMILES string of the molecule is Cc1cc(C)cc(Nc2nccc(-c3cc(C(=O)N[C@@H]4CCCC[C@H]4N)n(C)n3)n2)c1. The molecule has 162 valence electrons. The van der Waals surface area contributed by atoms with E-state index in [1.165, 1.54) is 0 Å². The molecule has 0 radical (unpaired) electrons. The van der Waals surface area contributed by atoms with Crippen molar-refractivity contribution in [3.05, 3.63) is 53.3 Å². The van der Waals surface area contributed by atoms with Gasteiger partial charge in [0, 0.05) is 31.0 Å². The summed E-state index contributed by atoms with van der Waals surface area (Å²) in [6.45, 7) is 4.10. The third kappa shape index (κ3) is 4.91. The van der Waals surface area contributed by atoms with Gasteiger partial charge in [-0.1, -0.05) is 18.9 Å². The van der Waals surface area contributed by atoms with Crippen molar-refractivity contribution in [3.63, 3.8) is 0 Å². The molecule has 8 nitrogen and oxygen atoms in total. The molecule has 31 heavy (non-hydrogen) atoms. The van der Waals surface area contributed by atoms with E-state index in [1.807, 2.05) is 12.1 Å². The maximum Gasteiger partial charge on any atom is 0.269 e. The van der Waals surface area contributed by atoms with Crippen LogP contribution in [0.25, 0.3) is 11.4 Å². The number of carbonyl (C=O) groups is 1. The number of amides is 1. The van der Waals surface area contributed by atoms with Gasteiger partial charge in [-0.3, -0.25) is 9.48 Å². The molecule has 1 aliphatic carbocycles. The van der Waals surface area contributed by atoms with Crippen molar-refractivity contribution in [2.45, 2.75) is 51.6 Å². The van der Waals surface area contributed by atoms with Crippen molar-refractivity contribution in [2.24, 2.45) is 12.8 Å². The molecule has 3 aromatic rings. The second-order valence-electron chi connectivity index (χ2n) is 8.33. The molecule has 8 heteroatoms. The third-order valence-electron chi connectivity index (χ3n) is 5.64. The Bertz CT molecular complexity index is 1070. The predicted molar refractivity (Wildman–Crippen MR) is 121 cm³/mol. The second-order valence-corrected chi connectivity index (χ2v) is 8.33. The fourth-order valence-corrected chi connectivity index (χ4v) is 4.12. The number of benzene rings is 1. The van der Waals surface area contributed by atoms with Crippen LogP contribution in [0.2, 0.25) is 0 Å². The van der Waals surface area contributed by atoms with Gasteiger partial charge in [0.15, 0.2) is 0 Å². The van der Waals surface area contributed by atoms with Crippen LogP contribution in [0.4, 0.5) is 11.6 Å². The summed E-state index contributed by atoms with van der Waals surface area (Å²) in [5.74, 6) is 0.318. The highest BCUT2D eigenvalue weighted by Gasteiger charge is 2.25. The van der Waals surface area contributed by atoms with Crippen LogP contribution in [0, 0.1) is 13.8 Å². The van der Waals surface area contributed by atoms with Crippen LogP contribution < -0.4 is 16.4 Å². The molecule has 2 heterocycles. The number of anilines is 2. The molecule has 1 aromatic carbocycles. The van der Waals surface area contributed by atoms with Crippen LogP contribution in [0.1, 0.15) is 47.3 Å². The zero-order chi connectivity index (χ0) is 22.0. The molecule has 1 amide bonds. The fourth-order valence-electron chi connectivity index (χ4n) is 4.12. The summed E-state index contributed by atoms with van der Waals surface area (Å²) in [7, 11) is 1.76. The molecule has 2 aromatic heterocycles. The summed E-state index contributed by atoms with van der Waals surface area (Å²) in [4.78, 5) is 21.7. The molecule has 4 N–H and O–H groups in total. The lowest BCUT2D eigenvalue weighted by Gasteiger charge is -2.29. The minimum Gasteiger partial charge on any atom is -0.346 e. The lowest BCUT2D eigenvalue weighted by atomic mass is 9.91. The van der Waals surface area contributed by atoms with E-state index in [9.17, 15) is 4.79 Å². The van der Waals surface area contributed by atoms with Gasteiger partial charge in [-0.2, -0.15) is 5.10 Å². The maximum atomic E-state index is 12.8. The molecule has 0 spiro atoms. The molecule has 1 saturated carbocycles. The van der Waals surface area contributed by atoms with Crippen molar-refractivity contribution in [2.75, 3.05) is 5.32 Å². The number of hydrogen-bond acceptors (Lipinski definition) is 6. The molecule has 1 fully saturated rings. The largest absolute Gasteiger partial charge is 0.346 e. The molecule has 4 rings (SSSR count). The molecule has 1 aliphatic rings. The fraction of sp³-hybridized carbons (Fsp3) is 0.391. The molecule has 0 aliphatic heterocycles. The van der Waals surface area contributed by atoms with E-state index in [-0.39, 0.29) is 18.0 Å². The Morgan fingerprint density at radius 2 is 1.84 bits per heavy atom. The van der Waals surface area contributed by atoms with Crippen molar-refractivity contribution < 1.29 is 4.79 Å². The van der Waals surface area contributed by atoms with Crippen LogP contribution in [0.3, 0.4) is 0 Å². The molecular weight excluding hydrogens is 390 g/mol. The van der Waals surface area contributed by atoms with Gasteiger partial charge in [-0.15, -0.1) is 0 Å². The highest BCUT2D eigenvalue weighted by atomic mass is 16.2. The van der Waals surface area contributed by atoms with Crippen LogP contribution in [-0.2, 0) is 7.05 Å². The number of nitrogens with one attached hydrogen (secondary N) is 2. The highest BCUT2D eigenvalue weighted by Crippen LogP contribution is 2.22. The van der Waals surface area contributed by atoms with Gasteiger partial charge >= 0.3 is 0 Å². The van der Waals surface area contributed by atoms with Crippen LogP contribution in [-0.4, -0.2) is 37.7 Å². The first kappa shape index (κ1) is 21.0. The van der Waals surface area contributed by atoms with Gasteiger partial charge < -0.3 is 16.4 Å². The molecular formula is C23H29N7O. The van der Waals surface area contributed by atoms with E-state index in [1.54, 1.807) is 30.1 Å². The monoisotopic (exact) mass is 419 g/mol. The Morgan fingerprint density at radius 3 is 2.58 bits per heavy atom. The quantitative estimate of drug-likeness (QED) is 0.585. The van der Waals surface area contributed by atoms with E-state index in [0.29, 0.717) is 23.0 Å². The average molecular weight is 420 g/mol. The Kier molecular flexibility index (Phi) is 5.99. The number of nitrogens with zero attached hydrogens (tertiary/aromatic N) is 4. The van der Waals surface area contributed by atoms with Gasteiger partial charge in [0.2, 0.25) is 5.95 Å². The Hall–Kier alpha value is -3.26. The Balaban J connectivity index is 1.52. The van der Waals surface area contributed by atoms with Crippen LogP contribution in [0.15, 0.2) is 36.5 Å². The van der Waals surface area contributed by atoms with Gasteiger partial charge in [0.25, 0.3) is 5.91 Å². The summed E-state index contributed by atoms with van der Waals surface area (Å²) < 4.78 is 1.58. The standard InChI is InChI=1S/C23H29N7O/c1-14-10-15(2)12-16(11-14)26-23-25-9-8-19(28-23)20-13-21(30(3)29-20)22(31)27-18-7-5-4-6-17(18)24/h8-13,17-18H,4-7,24H2,1-3H3,(H,27,31)(H,25,26,28)/t17-,18-/m1/s1. The summed E-state index contributed by atoms with van der Waals surface area (Å²) >= 11 is 0. The summed E-state index contributed by atoms with van der Waals surface area (Å²) in [6.07, 6.45) is 5.75. The molecule has 2 atom stereocenters. The molecule has 0 bridgehead atoms. The van der Waals surface area contributed by atoms with Gasteiger partial charge in [-0.05, 0) is 62.1 Å². The Labute approximate surface area is 182 Å². The van der Waals surface area contributed by atoms with E-state index in [4.69, 9.17) is 5.73 Å².